The van der Waals surface area contributed by atoms with Gasteiger partial charge in [-0.15, -0.1) is 11.8 Å². The molecule has 172 valence electrons. The summed E-state index contributed by atoms with van der Waals surface area (Å²) >= 11 is 1.02. The lowest BCUT2D eigenvalue weighted by atomic mass is 10.2. The van der Waals surface area contributed by atoms with Gasteiger partial charge in [-0.2, -0.15) is 5.26 Å². The predicted molar refractivity (Wildman–Crippen MR) is 117 cm³/mol. The summed E-state index contributed by atoms with van der Waals surface area (Å²) in [7, 11) is -3.94. The first kappa shape index (κ1) is 27.1. The van der Waals surface area contributed by atoms with Crippen molar-refractivity contribution in [3.05, 3.63) is 46.2 Å². The number of carbonyl (C=O) groups excluding carboxylic acids is 1. The van der Waals surface area contributed by atoms with Gasteiger partial charge in [-0.25, -0.2) is 9.18 Å². The normalized spacial score (nSPS) is 13.2. The second-order valence-electron chi connectivity index (χ2n) is 5.80. The van der Waals surface area contributed by atoms with Gasteiger partial charge in [0, 0.05) is 12.2 Å². The highest BCUT2D eigenvalue weighted by Crippen LogP contribution is 2.60. The average molecular weight is 474 g/mol. The van der Waals surface area contributed by atoms with E-state index in [0.29, 0.717) is 6.61 Å². The van der Waals surface area contributed by atoms with Crippen LogP contribution in [0.2, 0.25) is 0 Å². The third-order valence-electron chi connectivity index (χ3n) is 3.81. The fourth-order valence-electron chi connectivity index (χ4n) is 2.53. The van der Waals surface area contributed by atoms with Crippen LogP contribution < -0.4 is 5.32 Å². The summed E-state index contributed by atoms with van der Waals surface area (Å²) in [6.07, 6.45) is 1.61. The third-order valence-corrected chi connectivity index (χ3v) is 6.82. The summed E-state index contributed by atoms with van der Waals surface area (Å²) in [5.74, 6) is -2.82. The van der Waals surface area contributed by atoms with Crippen molar-refractivity contribution in [2.24, 2.45) is 0 Å². The molecule has 0 aromatic heterocycles. The molecule has 1 rings (SSSR count). The molecule has 0 aliphatic carbocycles. The number of nitriles is 1. The van der Waals surface area contributed by atoms with Crippen molar-refractivity contribution in [3.8, 4) is 6.07 Å². The van der Waals surface area contributed by atoms with Crippen LogP contribution in [-0.2, 0) is 27.9 Å². The number of rotatable bonds is 14. The maximum atomic E-state index is 14.6. The first-order valence-electron chi connectivity index (χ1n) is 9.71. The zero-order valence-corrected chi connectivity index (χ0v) is 19.8. The van der Waals surface area contributed by atoms with E-state index in [-0.39, 0.29) is 42.6 Å². The number of benzene rings is 1. The molecule has 1 aromatic rings. The van der Waals surface area contributed by atoms with Crippen LogP contribution in [0.15, 0.2) is 34.9 Å². The number of esters is 1. The Morgan fingerprint density at radius 3 is 2.35 bits per heavy atom. The smallest absolute Gasteiger partial charge is 0.357 e. The van der Waals surface area contributed by atoms with Gasteiger partial charge in [0.2, 0.25) is 0 Å². The molecule has 0 radical (unpaired) electrons. The Balaban J connectivity index is 3.39. The van der Waals surface area contributed by atoms with E-state index in [4.69, 9.17) is 18.5 Å². The molecule has 1 unspecified atom stereocenters. The average Bonchev–Trinajstić information content (AvgIpc) is 2.75. The van der Waals surface area contributed by atoms with Crippen molar-refractivity contribution in [2.75, 3.05) is 39.3 Å². The molecular weight excluding hydrogens is 446 g/mol. The zero-order chi connectivity index (χ0) is 23.3. The number of carbonyl (C=O) groups is 1. The second-order valence-corrected chi connectivity index (χ2v) is 8.73. The summed E-state index contributed by atoms with van der Waals surface area (Å²) in [6.45, 7) is 5.77. The van der Waals surface area contributed by atoms with E-state index < -0.39 is 25.2 Å². The Labute approximate surface area is 186 Å². The molecule has 1 aromatic carbocycles. The summed E-state index contributed by atoms with van der Waals surface area (Å²) in [6, 6.07) is 7.50. The lowest BCUT2D eigenvalue weighted by Crippen LogP contribution is -2.25. The first-order valence-corrected chi connectivity index (χ1v) is 12.5. The quantitative estimate of drug-likeness (QED) is 0.138. The van der Waals surface area contributed by atoms with Crippen molar-refractivity contribution in [2.45, 2.75) is 26.6 Å². The van der Waals surface area contributed by atoms with E-state index in [0.717, 1.165) is 11.8 Å². The fourth-order valence-corrected chi connectivity index (χ4v) is 5.11. The Morgan fingerprint density at radius 1 is 1.19 bits per heavy atom. The zero-order valence-electron chi connectivity index (χ0n) is 18.1. The van der Waals surface area contributed by atoms with Crippen LogP contribution in [0.3, 0.4) is 0 Å². The monoisotopic (exact) mass is 474 g/mol. The van der Waals surface area contributed by atoms with E-state index >= 15 is 0 Å². The van der Waals surface area contributed by atoms with Crippen LogP contribution >= 0.6 is 19.4 Å². The van der Waals surface area contributed by atoms with Crippen molar-refractivity contribution >= 4 is 25.3 Å². The van der Waals surface area contributed by atoms with Crippen molar-refractivity contribution in [1.29, 1.82) is 5.26 Å². The van der Waals surface area contributed by atoms with Crippen LogP contribution in [0.4, 0.5) is 4.39 Å². The van der Waals surface area contributed by atoms with E-state index in [1.807, 2.05) is 0 Å². The molecule has 1 atom stereocenters. The Kier molecular flexibility index (Phi) is 12.5. The molecule has 8 nitrogen and oxygen atoms in total. The molecule has 11 heteroatoms. The molecule has 0 bridgehead atoms. The number of hydrogen-bond donors (Lipinski definition) is 1. The number of ether oxygens (including phenoxy) is 2. The van der Waals surface area contributed by atoms with Gasteiger partial charge in [0.05, 0.1) is 24.8 Å². The van der Waals surface area contributed by atoms with Crippen LogP contribution in [0, 0.1) is 17.1 Å². The summed E-state index contributed by atoms with van der Waals surface area (Å²) in [5.41, 5.74) is -0.328. The topological polar surface area (TPSA) is 107 Å². The molecule has 0 saturated carbocycles. The maximum absolute atomic E-state index is 14.6. The van der Waals surface area contributed by atoms with E-state index in [1.165, 1.54) is 18.2 Å². The molecule has 31 heavy (non-hydrogen) atoms. The number of nitrogens with one attached hydrogen (secondary N) is 1. The van der Waals surface area contributed by atoms with Gasteiger partial charge < -0.3 is 23.8 Å². The standard InChI is InChI=1S/C20H28FN2O6PS/c1-5-26-12-13-27-20(24)16(14-22)19(31-4)23-18(15-10-8-9-11-17(15)21)30(25,28-6-2)29-7-3/h8-11,18,23H,5-7,12-13H2,1-4H3/b19-16+. The first-order chi connectivity index (χ1) is 14.9. The van der Waals surface area contributed by atoms with Crippen LogP contribution in [-0.4, -0.2) is 45.3 Å². The fraction of sp³-hybridized carbons (Fsp3) is 0.500. The lowest BCUT2D eigenvalue weighted by Gasteiger charge is -2.29. The highest BCUT2D eigenvalue weighted by Gasteiger charge is 2.39. The van der Waals surface area contributed by atoms with E-state index in [1.54, 1.807) is 39.2 Å². The minimum absolute atomic E-state index is 0.0151. The molecule has 0 aliphatic heterocycles. The van der Waals surface area contributed by atoms with Crippen LogP contribution in [0.1, 0.15) is 32.1 Å². The minimum atomic E-state index is -3.94. The molecule has 0 amide bonds. The number of halogens is 1. The summed E-state index contributed by atoms with van der Waals surface area (Å²) in [5, 5.41) is 12.4. The largest absolute Gasteiger partial charge is 0.459 e. The molecule has 0 aliphatic rings. The maximum Gasteiger partial charge on any atom is 0.357 e. The van der Waals surface area contributed by atoms with E-state index in [2.05, 4.69) is 5.32 Å². The summed E-state index contributed by atoms with van der Waals surface area (Å²) in [4.78, 5) is 12.4. The Morgan fingerprint density at radius 2 is 1.84 bits per heavy atom. The van der Waals surface area contributed by atoms with Gasteiger partial charge in [0.15, 0.2) is 11.4 Å². The molecule has 0 heterocycles. The molecule has 0 spiro atoms. The Bertz CT molecular complexity index is 835. The van der Waals surface area contributed by atoms with E-state index in [9.17, 15) is 19.0 Å². The number of hydrogen-bond acceptors (Lipinski definition) is 9. The summed E-state index contributed by atoms with van der Waals surface area (Å²) < 4.78 is 49.1. The highest BCUT2D eigenvalue weighted by molar-refractivity contribution is 8.02. The number of nitrogens with zero attached hydrogens (tertiary/aromatic N) is 1. The van der Waals surface area contributed by atoms with Gasteiger partial charge in [-0.3, -0.25) is 4.57 Å². The predicted octanol–water partition coefficient (Wildman–Crippen LogP) is 4.36. The molecule has 0 fully saturated rings. The van der Waals surface area contributed by atoms with Crippen LogP contribution in [0.25, 0.3) is 0 Å². The highest BCUT2D eigenvalue weighted by atomic mass is 32.2. The van der Waals surface area contributed by atoms with Gasteiger partial charge >= 0.3 is 13.6 Å². The van der Waals surface area contributed by atoms with Crippen molar-refractivity contribution in [3.63, 3.8) is 0 Å². The van der Waals surface area contributed by atoms with Crippen molar-refractivity contribution < 1.29 is 32.3 Å². The van der Waals surface area contributed by atoms with Gasteiger partial charge in [0.25, 0.3) is 0 Å². The minimum Gasteiger partial charge on any atom is -0.459 e. The Hall–Kier alpha value is -1.89. The van der Waals surface area contributed by atoms with Gasteiger partial charge in [-0.05, 0) is 33.1 Å². The van der Waals surface area contributed by atoms with Gasteiger partial charge in [-0.1, -0.05) is 18.2 Å². The van der Waals surface area contributed by atoms with Crippen LogP contribution in [0.5, 0.6) is 0 Å². The van der Waals surface area contributed by atoms with Gasteiger partial charge in [0.1, 0.15) is 18.5 Å². The molecule has 0 saturated heterocycles. The second kappa shape index (κ2) is 14.2. The molecule has 1 N–H and O–H groups in total. The number of thioether (sulfide) groups is 1. The molecular formula is C20H28FN2O6PS. The third kappa shape index (κ3) is 7.95. The van der Waals surface area contributed by atoms with Crippen molar-refractivity contribution in [1.82, 2.24) is 5.32 Å². The lowest BCUT2D eigenvalue weighted by molar-refractivity contribution is -0.140. The SMILES string of the molecule is CCOCCOC(=O)/C(C#N)=C(\NC(c1ccccc1F)P(=O)(OCC)OCC)SC.